The van der Waals surface area contributed by atoms with Crippen LogP contribution in [0.1, 0.15) is 12.0 Å². The summed E-state index contributed by atoms with van der Waals surface area (Å²) in [6.45, 7) is 0. The summed E-state index contributed by atoms with van der Waals surface area (Å²) in [5, 5.41) is 13.0. The second-order valence-electron chi connectivity index (χ2n) is 4.19. The van der Waals surface area contributed by atoms with E-state index in [0.717, 1.165) is 11.3 Å². The summed E-state index contributed by atoms with van der Waals surface area (Å²) in [5.74, 6) is 0.410. The van der Waals surface area contributed by atoms with Gasteiger partial charge in [0.05, 0.1) is 26.1 Å². The number of aryl methyl sites for hydroxylation is 1. The zero-order valence-corrected chi connectivity index (χ0v) is 11.4. The zero-order valence-electron chi connectivity index (χ0n) is 11.4. The first kappa shape index (κ1) is 13.9. The molecule has 1 N–H and O–H groups in total. The Labute approximate surface area is 116 Å². The van der Waals surface area contributed by atoms with Crippen LogP contribution in [0.4, 0.5) is 0 Å². The lowest BCUT2D eigenvalue weighted by Gasteiger charge is -2.09. The van der Waals surface area contributed by atoms with Gasteiger partial charge in [-0.25, -0.2) is 4.68 Å². The van der Waals surface area contributed by atoms with E-state index in [2.05, 4.69) is 5.10 Å². The topological polar surface area (TPSA) is 73.6 Å². The van der Waals surface area contributed by atoms with Gasteiger partial charge >= 0.3 is 5.97 Å². The second kappa shape index (κ2) is 6.10. The van der Waals surface area contributed by atoms with E-state index in [9.17, 15) is 4.79 Å². The van der Waals surface area contributed by atoms with Crippen molar-refractivity contribution in [1.82, 2.24) is 9.78 Å². The Balaban J connectivity index is 2.34. The lowest BCUT2D eigenvalue weighted by atomic mass is 10.2. The Morgan fingerprint density at radius 1 is 1.35 bits per heavy atom. The molecule has 0 aliphatic rings. The normalized spacial score (nSPS) is 10.3. The van der Waals surface area contributed by atoms with Gasteiger partial charge in [0.25, 0.3) is 0 Å². The minimum atomic E-state index is -0.846. The number of rotatable bonds is 6. The molecule has 20 heavy (non-hydrogen) atoms. The van der Waals surface area contributed by atoms with Gasteiger partial charge in [-0.2, -0.15) is 5.10 Å². The van der Waals surface area contributed by atoms with E-state index in [1.165, 1.54) is 7.11 Å². The van der Waals surface area contributed by atoms with Crippen molar-refractivity contribution in [2.24, 2.45) is 0 Å². The number of aliphatic carboxylic acids is 1. The summed E-state index contributed by atoms with van der Waals surface area (Å²) in [6.07, 6.45) is 2.05. The lowest BCUT2D eigenvalue weighted by molar-refractivity contribution is -0.136. The summed E-state index contributed by atoms with van der Waals surface area (Å²) in [6, 6.07) is 7.40. The van der Waals surface area contributed by atoms with Crippen LogP contribution in [0.5, 0.6) is 11.6 Å². The molecular formula is C14H16N2O4. The average molecular weight is 276 g/mol. The van der Waals surface area contributed by atoms with Crippen molar-refractivity contribution in [1.29, 1.82) is 0 Å². The molecule has 0 aliphatic carbocycles. The van der Waals surface area contributed by atoms with Gasteiger partial charge in [-0.05, 0) is 18.6 Å². The number of ether oxygens (including phenoxy) is 2. The van der Waals surface area contributed by atoms with Gasteiger partial charge in [0.15, 0.2) is 0 Å². The van der Waals surface area contributed by atoms with Crippen molar-refractivity contribution in [3.05, 3.63) is 36.0 Å². The van der Waals surface area contributed by atoms with E-state index in [1.807, 2.05) is 24.3 Å². The van der Waals surface area contributed by atoms with E-state index in [0.29, 0.717) is 18.1 Å². The van der Waals surface area contributed by atoms with Gasteiger partial charge in [0, 0.05) is 18.1 Å². The Bertz CT molecular complexity index is 607. The number of benzene rings is 1. The molecule has 2 rings (SSSR count). The molecule has 0 amide bonds. The van der Waals surface area contributed by atoms with Crippen LogP contribution in [0.2, 0.25) is 0 Å². The summed E-state index contributed by atoms with van der Waals surface area (Å²) < 4.78 is 12.1. The predicted molar refractivity (Wildman–Crippen MR) is 72.6 cm³/mol. The first-order valence-electron chi connectivity index (χ1n) is 6.13. The molecule has 2 aromatic rings. The molecule has 106 valence electrons. The minimum absolute atomic E-state index is 0.0418. The fourth-order valence-corrected chi connectivity index (χ4v) is 1.93. The third kappa shape index (κ3) is 2.90. The molecule has 0 atom stereocenters. The number of carboxylic acids is 1. The van der Waals surface area contributed by atoms with Crippen LogP contribution in [0.15, 0.2) is 30.5 Å². The molecule has 0 saturated carbocycles. The largest absolute Gasteiger partial charge is 0.497 e. The van der Waals surface area contributed by atoms with E-state index in [1.54, 1.807) is 18.0 Å². The average Bonchev–Trinajstić information content (AvgIpc) is 2.88. The van der Waals surface area contributed by atoms with Gasteiger partial charge in [0.1, 0.15) is 5.75 Å². The van der Waals surface area contributed by atoms with Crippen LogP contribution in [0.3, 0.4) is 0 Å². The highest BCUT2D eigenvalue weighted by molar-refractivity contribution is 5.67. The fraction of sp³-hybridized carbons (Fsp3) is 0.286. The number of carbonyl (C=O) groups is 1. The Morgan fingerprint density at radius 3 is 2.80 bits per heavy atom. The van der Waals surface area contributed by atoms with Crippen molar-refractivity contribution in [3.8, 4) is 17.3 Å². The van der Waals surface area contributed by atoms with E-state index in [4.69, 9.17) is 14.6 Å². The van der Waals surface area contributed by atoms with Crippen molar-refractivity contribution in [3.63, 3.8) is 0 Å². The van der Waals surface area contributed by atoms with Crippen LogP contribution in [-0.2, 0) is 11.2 Å². The molecular weight excluding hydrogens is 260 g/mol. The predicted octanol–water partition coefficient (Wildman–Crippen LogP) is 1.91. The van der Waals surface area contributed by atoms with Crippen LogP contribution in [0.25, 0.3) is 5.69 Å². The van der Waals surface area contributed by atoms with Gasteiger partial charge < -0.3 is 14.6 Å². The number of nitrogens with zero attached hydrogens (tertiary/aromatic N) is 2. The summed E-state index contributed by atoms with van der Waals surface area (Å²) in [7, 11) is 3.13. The summed E-state index contributed by atoms with van der Waals surface area (Å²) in [4.78, 5) is 10.6. The summed E-state index contributed by atoms with van der Waals surface area (Å²) >= 11 is 0. The van der Waals surface area contributed by atoms with Gasteiger partial charge in [-0.3, -0.25) is 4.79 Å². The van der Waals surface area contributed by atoms with Crippen LogP contribution >= 0.6 is 0 Å². The maximum absolute atomic E-state index is 10.6. The maximum Gasteiger partial charge on any atom is 0.303 e. The molecule has 0 spiro atoms. The highest BCUT2D eigenvalue weighted by atomic mass is 16.5. The summed E-state index contributed by atoms with van der Waals surface area (Å²) in [5.41, 5.74) is 1.56. The maximum atomic E-state index is 10.6. The van der Waals surface area contributed by atoms with Crippen LogP contribution < -0.4 is 9.47 Å². The Kier molecular flexibility index (Phi) is 4.24. The molecule has 1 aromatic heterocycles. The smallest absolute Gasteiger partial charge is 0.303 e. The van der Waals surface area contributed by atoms with Gasteiger partial charge in [-0.15, -0.1) is 0 Å². The van der Waals surface area contributed by atoms with Gasteiger partial charge in [0.2, 0.25) is 5.88 Å². The molecule has 1 heterocycles. The SMILES string of the molecule is COc1cccc(-n2ncc(CCC(=O)O)c2OC)c1. The highest BCUT2D eigenvalue weighted by Gasteiger charge is 2.14. The number of carboxylic acid groups (broad SMARTS) is 1. The highest BCUT2D eigenvalue weighted by Crippen LogP contribution is 2.25. The van der Waals surface area contributed by atoms with E-state index < -0.39 is 5.97 Å². The fourth-order valence-electron chi connectivity index (χ4n) is 1.93. The number of hydrogen-bond donors (Lipinski definition) is 1. The monoisotopic (exact) mass is 276 g/mol. The quantitative estimate of drug-likeness (QED) is 0.872. The third-order valence-electron chi connectivity index (χ3n) is 2.90. The lowest BCUT2D eigenvalue weighted by Crippen LogP contribution is -2.02. The molecule has 0 unspecified atom stereocenters. The second-order valence-corrected chi connectivity index (χ2v) is 4.19. The van der Waals surface area contributed by atoms with Crippen molar-refractivity contribution in [2.75, 3.05) is 14.2 Å². The van der Waals surface area contributed by atoms with Crippen molar-refractivity contribution >= 4 is 5.97 Å². The third-order valence-corrected chi connectivity index (χ3v) is 2.90. The molecule has 1 aromatic carbocycles. The Hall–Kier alpha value is -2.50. The molecule has 6 nitrogen and oxygen atoms in total. The van der Waals surface area contributed by atoms with Crippen molar-refractivity contribution < 1.29 is 19.4 Å². The molecule has 0 radical (unpaired) electrons. The standard InChI is InChI=1S/C14H16N2O4/c1-19-12-5-3-4-11(8-12)16-14(20-2)10(9-15-16)6-7-13(17)18/h3-5,8-9H,6-7H2,1-2H3,(H,17,18). The molecule has 0 aliphatic heterocycles. The van der Waals surface area contributed by atoms with E-state index >= 15 is 0 Å². The van der Waals surface area contributed by atoms with Gasteiger partial charge in [-0.1, -0.05) is 6.07 Å². The van der Waals surface area contributed by atoms with E-state index in [-0.39, 0.29) is 6.42 Å². The first-order valence-corrected chi connectivity index (χ1v) is 6.13. The van der Waals surface area contributed by atoms with Crippen LogP contribution in [0, 0.1) is 0 Å². The molecule has 0 bridgehead atoms. The Morgan fingerprint density at radius 2 is 2.15 bits per heavy atom. The molecule has 6 heteroatoms. The molecule has 0 saturated heterocycles. The molecule has 0 fully saturated rings. The first-order chi connectivity index (χ1) is 9.65. The number of hydrogen-bond acceptors (Lipinski definition) is 4. The zero-order chi connectivity index (χ0) is 14.5. The number of methoxy groups -OCH3 is 2. The van der Waals surface area contributed by atoms with Crippen LogP contribution in [-0.4, -0.2) is 35.1 Å². The minimum Gasteiger partial charge on any atom is -0.497 e. The van der Waals surface area contributed by atoms with Crippen molar-refractivity contribution in [2.45, 2.75) is 12.8 Å². The number of aromatic nitrogens is 2.